The van der Waals surface area contributed by atoms with E-state index in [1.165, 1.54) is 6.07 Å². The van der Waals surface area contributed by atoms with Crippen LogP contribution in [0.4, 0.5) is 5.69 Å². The van der Waals surface area contributed by atoms with E-state index in [1.54, 1.807) is 17.0 Å². The second kappa shape index (κ2) is 5.81. The van der Waals surface area contributed by atoms with Crippen molar-refractivity contribution < 1.29 is 14.3 Å². The molecule has 6 heteroatoms. The van der Waals surface area contributed by atoms with Gasteiger partial charge in [-0.15, -0.1) is 0 Å². The summed E-state index contributed by atoms with van der Waals surface area (Å²) in [6.45, 7) is 2.50. The van der Waals surface area contributed by atoms with Crippen LogP contribution in [0.15, 0.2) is 18.2 Å². The number of anilines is 1. The van der Waals surface area contributed by atoms with Crippen LogP contribution in [0.1, 0.15) is 30.1 Å². The van der Waals surface area contributed by atoms with E-state index in [1.807, 2.05) is 6.92 Å². The van der Waals surface area contributed by atoms with Crippen molar-refractivity contribution in [3.05, 3.63) is 23.8 Å². The fourth-order valence-corrected chi connectivity index (χ4v) is 2.11. The highest BCUT2D eigenvalue weighted by Gasteiger charge is 2.31. The number of carbonyl (C=O) groups is 2. The first-order valence-corrected chi connectivity index (χ1v) is 6.64. The monoisotopic (exact) mass is 277 g/mol. The maximum absolute atomic E-state index is 12.0. The average molecular weight is 277 g/mol. The maximum atomic E-state index is 12.0. The molecular weight excluding hydrogens is 258 g/mol. The number of rotatable bonds is 6. The summed E-state index contributed by atoms with van der Waals surface area (Å²) in [5, 5.41) is 0. The number of hydrogen-bond acceptors (Lipinski definition) is 4. The van der Waals surface area contributed by atoms with Crippen molar-refractivity contribution in [2.24, 2.45) is 5.73 Å². The predicted octanol–water partition coefficient (Wildman–Crippen LogP) is 0.757. The second-order valence-corrected chi connectivity index (χ2v) is 4.82. The Bertz CT molecular complexity index is 526. The number of nitrogens with zero attached hydrogens (tertiary/aromatic N) is 1. The Labute approximate surface area is 117 Å². The maximum Gasteiger partial charge on any atom is 0.260 e. The topological polar surface area (TPSA) is 98.7 Å². The number of hydrogen-bond donors (Lipinski definition) is 2. The van der Waals surface area contributed by atoms with Gasteiger partial charge in [0.05, 0.1) is 5.56 Å². The Balaban J connectivity index is 2.03. The van der Waals surface area contributed by atoms with Crippen molar-refractivity contribution in [1.29, 1.82) is 0 Å². The Morgan fingerprint density at radius 2 is 2.10 bits per heavy atom. The van der Waals surface area contributed by atoms with Crippen LogP contribution in [0, 0.1) is 0 Å². The van der Waals surface area contributed by atoms with Crippen LogP contribution in [-0.2, 0) is 4.79 Å². The third-order valence-electron chi connectivity index (χ3n) is 3.27. The number of benzene rings is 1. The molecule has 6 nitrogen and oxygen atoms in total. The molecule has 1 aliphatic rings. The molecule has 1 aromatic carbocycles. The molecule has 2 rings (SSSR count). The van der Waals surface area contributed by atoms with Gasteiger partial charge in [-0.25, -0.2) is 0 Å². The Morgan fingerprint density at radius 3 is 2.65 bits per heavy atom. The fraction of sp³-hybridized carbons (Fsp3) is 0.429. The number of primary amides is 1. The minimum atomic E-state index is -0.630. The van der Waals surface area contributed by atoms with E-state index in [0.29, 0.717) is 18.3 Å². The molecule has 1 saturated carbocycles. The van der Waals surface area contributed by atoms with Gasteiger partial charge in [-0.2, -0.15) is 0 Å². The summed E-state index contributed by atoms with van der Waals surface area (Å²) < 4.78 is 5.43. The lowest BCUT2D eigenvalue weighted by Crippen LogP contribution is -2.36. The highest BCUT2D eigenvalue weighted by Crippen LogP contribution is 2.27. The van der Waals surface area contributed by atoms with Crippen LogP contribution in [0.3, 0.4) is 0 Å². The zero-order valence-electron chi connectivity index (χ0n) is 11.5. The van der Waals surface area contributed by atoms with Crippen molar-refractivity contribution in [3.8, 4) is 5.75 Å². The lowest BCUT2D eigenvalue weighted by atomic mass is 10.1. The van der Waals surface area contributed by atoms with Gasteiger partial charge < -0.3 is 21.1 Å². The highest BCUT2D eigenvalue weighted by molar-refractivity contribution is 5.96. The molecule has 0 aromatic heterocycles. The smallest absolute Gasteiger partial charge is 0.260 e. The molecule has 0 aliphatic heterocycles. The standard InChI is InChI=1S/C14H19N3O3/c1-2-17(10-4-5-10)13(18)8-20-12-6-3-9(15)7-11(12)14(16)19/h3,6-7,10H,2,4-5,8,15H2,1H3,(H2,16,19). The van der Waals surface area contributed by atoms with Gasteiger partial charge >= 0.3 is 0 Å². The zero-order chi connectivity index (χ0) is 14.7. The molecule has 0 unspecified atom stereocenters. The van der Waals surface area contributed by atoms with Crippen LogP contribution in [0.5, 0.6) is 5.75 Å². The van der Waals surface area contributed by atoms with Crippen molar-refractivity contribution in [2.75, 3.05) is 18.9 Å². The normalized spacial score (nSPS) is 13.8. The van der Waals surface area contributed by atoms with Gasteiger partial charge in [-0.1, -0.05) is 0 Å². The first-order valence-electron chi connectivity index (χ1n) is 6.64. The van der Waals surface area contributed by atoms with Gasteiger partial charge in [0.1, 0.15) is 5.75 Å². The van der Waals surface area contributed by atoms with Gasteiger partial charge in [0.25, 0.3) is 11.8 Å². The van der Waals surface area contributed by atoms with Crippen molar-refractivity contribution >= 4 is 17.5 Å². The molecule has 1 aliphatic carbocycles. The van der Waals surface area contributed by atoms with E-state index in [-0.39, 0.29) is 23.8 Å². The molecule has 0 bridgehead atoms. The summed E-state index contributed by atoms with van der Waals surface area (Å²) in [6, 6.07) is 4.94. The number of likely N-dealkylation sites (N-methyl/N-ethyl adjacent to an activating group) is 1. The number of carbonyl (C=O) groups excluding carboxylic acids is 2. The zero-order valence-corrected chi connectivity index (χ0v) is 11.5. The molecule has 108 valence electrons. The summed E-state index contributed by atoms with van der Waals surface area (Å²) in [6.07, 6.45) is 2.10. The molecule has 0 spiro atoms. The first-order chi connectivity index (χ1) is 9.52. The lowest BCUT2D eigenvalue weighted by Gasteiger charge is -2.20. The van der Waals surface area contributed by atoms with Crippen molar-refractivity contribution in [3.63, 3.8) is 0 Å². The van der Waals surface area contributed by atoms with Crippen LogP contribution in [0.25, 0.3) is 0 Å². The van der Waals surface area contributed by atoms with E-state index in [0.717, 1.165) is 12.8 Å². The molecule has 0 saturated heterocycles. The summed E-state index contributed by atoms with van der Waals surface area (Å²) in [5.74, 6) is -0.427. The molecular formula is C14H19N3O3. The average Bonchev–Trinajstić information content (AvgIpc) is 3.22. The van der Waals surface area contributed by atoms with E-state index in [9.17, 15) is 9.59 Å². The summed E-state index contributed by atoms with van der Waals surface area (Å²) >= 11 is 0. The molecule has 1 fully saturated rings. The number of ether oxygens (including phenoxy) is 1. The third-order valence-corrected chi connectivity index (χ3v) is 3.27. The number of nitrogen functional groups attached to an aromatic ring is 1. The molecule has 0 heterocycles. The van der Waals surface area contributed by atoms with E-state index < -0.39 is 5.91 Å². The quantitative estimate of drug-likeness (QED) is 0.750. The minimum absolute atomic E-state index is 0.0813. The minimum Gasteiger partial charge on any atom is -0.483 e. The fourth-order valence-electron chi connectivity index (χ4n) is 2.11. The summed E-state index contributed by atoms with van der Waals surface area (Å²) in [5.41, 5.74) is 11.5. The Hall–Kier alpha value is -2.24. The molecule has 0 atom stereocenters. The largest absolute Gasteiger partial charge is 0.483 e. The van der Waals surface area contributed by atoms with Crippen LogP contribution < -0.4 is 16.2 Å². The highest BCUT2D eigenvalue weighted by atomic mass is 16.5. The van der Waals surface area contributed by atoms with Gasteiger partial charge in [0.2, 0.25) is 0 Å². The van der Waals surface area contributed by atoms with Gasteiger partial charge in [-0.3, -0.25) is 9.59 Å². The Kier molecular flexibility index (Phi) is 4.12. The molecule has 2 amide bonds. The predicted molar refractivity (Wildman–Crippen MR) is 75.3 cm³/mol. The van der Waals surface area contributed by atoms with Gasteiger partial charge in [0.15, 0.2) is 6.61 Å². The number of amides is 2. The summed E-state index contributed by atoms with van der Waals surface area (Å²) in [4.78, 5) is 25.1. The van der Waals surface area contributed by atoms with E-state index in [4.69, 9.17) is 16.2 Å². The summed E-state index contributed by atoms with van der Waals surface area (Å²) in [7, 11) is 0. The molecule has 0 radical (unpaired) electrons. The van der Waals surface area contributed by atoms with E-state index >= 15 is 0 Å². The second-order valence-electron chi connectivity index (χ2n) is 4.82. The molecule has 4 N–H and O–H groups in total. The van der Waals surface area contributed by atoms with Gasteiger partial charge in [-0.05, 0) is 38.0 Å². The SMILES string of the molecule is CCN(C(=O)COc1ccc(N)cc1C(N)=O)C1CC1. The van der Waals surface area contributed by atoms with Crippen LogP contribution in [-0.4, -0.2) is 35.9 Å². The van der Waals surface area contributed by atoms with Crippen LogP contribution in [0.2, 0.25) is 0 Å². The van der Waals surface area contributed by atoms with Crippen molar-refractivity contribution in [1.82, 2.24) is 4.90 Å². The molecule has 1 aromatic rings. The molecule has 20 heavy (non-hydrogen) atoms. The van der Waals surface area contributed by atoms with Gasteiger partial charge in [0, 0.05) is 18.3 Å². The first kappa shape index (κ1) is 14.2. The van der Waals surface area contributed by atoms with E-state index in [2.05, 4.69) is 0 Å². The van der Waals surface area contributed by atoms with Crippen LogP contribution >= 0.6 is 0 Å². The lowest BCUT2D eigenvalue weighted by molar-refractivity contribution is -0.133. The third kappa shape index (κ3) is 3.20. The van der Waals surface area contributed by atoms with Crippen molar-refractivity contribution in [2.45, 2.75) is 25.8 Å². The Morgan fingerprint density at radius 1 is 1.40 bits per heavy atom. The number of nitrogens with two attached hydrogens (primary N) is 2.